The van der Waals surface area contributed by atoms with Crippen LogP contribution < -0.4 is 15.5 Å². The molecule has 4 rings (SSSR count). The van der Waals surface area contributed by atoms with Gasteiger partial charge in [0, 0.05) is 29.4 Å². The van der Waals surface area contributed by atoms with Gasteiger partial charge in [0.15, 0.2) is 0 Å². The number of para-hydroxylation sites is 1. The van der Waals surface area contributed by atoms with Crippen molar-refractivity contribution in [2.75, 3.05) is 16.8 Å². The molecule has 30 heavy (non-hydrogen) atoms. The number of carbonyl (C=O) groups excluding carboxylic acids is 2. The normalized spacial score (nSPS) is 13.4. The van der Waals surface area contributed by atoms with Crippen LogP contribution >= 0.6 is 11.6 Å². The number of carbonyl (C=O) groups is 2. The molecule has 0 saturated carbocycles. The summed E-state index contributed by atoms with van der Waals surface area (Å²) in [6.07, 6.45) is 1.23. The van der Waals surface area contributed by atoms with Crippen LogP contribution in [0.25, 0.3) is 0 Å². The monoisotopic (exact) mass is 419 g/mol. The first-order chi connectivity index (χ1) is 14.6. The third-order valence-corrected chi connectivity index (χ3v) is 5.39. The Morgan fingerprint density at radius 3 is 2.40 bits per heavy atom. The number of amides is 3. The molecule has 0 unspecified atom stereocenters. The molecule has 5 nitrogen and oxygen atoms in total. The van der Waals surface area contributed by atoms with Gasteiger partial charge in [0.05, 0.1) is 0 Å². The molecule has 0 aliphatic carbocycles. The second kappa shape index (κ2) is 9.01. The second-order valence-electron chi connectivity index (χ2n) is 7.22. The predicted molar refractivity (Wildman–Crippen MR) is 120 cm³/mol. The molecule has 152 valence electrons. The number of urea groups is 1. The quantitative estimate of drug-likeness (QED) is 0.631. The van der Waals surface area contributed by atoms with E-state index in [2.05, 4.69) is 10.6 Å². The Hall–Kier alpha value is -3.31. The highest BCUT2D eigenvalue weighted by Gasteiger charge is 2.31. The van der Waals surface area contributed by atoms with Crippen LogP contribution in [0.2, 0.25) is 5.02 Å². The Morgan fingerprint density at radius 1 is 0.933 bits per heavy atom. The van der Waals surface area contributed by atoms with E-state index in [1.807, 2.05) is 54.6 Å². The lowest BCUT2D eigenvalue weighted by Gasteiger charge is -2.25. The van der Waals surface area contributed by atoms with Crippen LogP contribution in [0.4, 0.5) is 16.2 Å². The third kappa shape index (κ3) is 4.63. The van der Waals surface area contributed by atoms with E-state index in [4.69, 9.17) is 11.6 Å². The van der Waals surface area contributed by atoms with Crippen LogP contribution in [0.15, 0.2) is 78.9 Å². The number of hydrogen-bond acceptors (Lipinski definition) is 2. The highest BCUT2D eigenvalue weighted by Crippen LogP contribution is 2.28. The molecule has 0 spiro atoms. The Morgan fingerprint density at radius 2 is 1.63 bits per heavy atom. The fraction of sp³-hybridized carbons (Fsp3) is 0.167. The van der Waals surface area contributed by atoms with Gasteiger partial charge in [0.2, 0.25) is 5.91 Å². The van der Waals surface area contributed by atoms with Crippen molar-refractivity contribution in [3.8, 4) is 0 Å². The minimum atomic E-state index is -0.689. The topological polar surface area (TPSA) is 61.4 Å². The minimum Gasteiger partial charge on any atom is -0.326 e. The van der Waals surface area contributed by atoms with Gasteiger partial charge in [-0.05, 0) is 47.9 Å². The fourth-order valence-electron chi connectivity index (χ4n) is 3.66. The highest BCUT2D eigenvalue weighted by atomic mass is 35.5. The van der Waals surface area contributed by atoms with E-state index in [1.54, 1.807) is 29.2 Å². The number of benzene rings is 3. The van der Waals surface area contributed by atoms with Crippen LogP contribution in [-0.2, 0) is 17.6 Å². The van der Waals surface area contributed by atoms with Crippen molar-refractivity contribution in [2.24, 2.45) is 0 Å². The SMILES string of the molecule is O=C(Nc1ccc(Cl)cc1)N[C@@H](Cc1ccccc1)C(=O)N1CCc2ccccc21. The van der Waals surface area contributed by atoms with Crippen molar-refractivity contribution < 1.29 is 9.59 Å². The minimum absolute atomic E-state index is 0.116. The molecule has 0 aromatic heterocycles. The van der Waals surface area contributed by atoms with Crippen molar-refractivity contribution in [3.05, 3.63) is 95.0 Å². The van der Waals surface area contributed by atoms with Crippen molar-refractivity contribution in [1.82, 2.24) is 5.32 Å². The predicted octanol–water partition coefficient (Wildman–Crippen LogP) is 4.66. The summed E-state index contributed by atoms with van der Waals surface area (Å²) in [7, 11) is 0. The summed E-state index contributed by atoms with van der Waals surface area (Å²) in [4.78, 5) is 27.8. The molecule has 3 aromatic carbocycles. The zero-order valence-corrected chi connectivity index (χ0v) is 17.1. The largest absolute Gasteiger partial charge is 0.326 e. The molecule has 0 bridgehead atoms. The molecular weight excluding hydrogens is 398 g/mol. The summed E-state index contributed by atoms with van der Waals surface area (Å²) in [5.74, 6) is -0.116. The molecular formula is C24H22ClN3O2. The summed E-state index contributed by atoms with van der Waals surface area (Å²) >= 11 is 5.90. The molecule has 2 N–H and O–H groups in total. The Bertz CT molecular complexity index is 1040. The van der Waals surface area contributed by atoms with Gasteiger partial charge in [-0.1, -0.05) is 60.1 Å². The molecule has 1 atom stereocenters. The summed E-state index contributed by atoms with van der Waals surface area (Å²) in [6, 6.07) is 23.3. The second-order valence-corrected chi connectivity index (χ2v) is 7.65. The van der Waals surface area contributed by atoms with E-state index in [-0.39, 0.29) is 5.91 Å². The van der Waals surface area contributed by atoms with E-state index in [9.17, 15) is 9.59 Å². The summed E-state index contributed by atoms with van der Waals surface area (Å²) in [5, 5.41) is 6.22. The third-order valence-electron chi connectivity index (χ3n) is 5.14. The maximum Gasteiger partial charge on any atom is 0.319 e. The number of anilines is 2. The first-order valence-electron chi connectivity index (χ1n) is 9.86. The molecule has 0 radical (unpaired) electrons. The molecule has 1 aliphatic heterocycles. The van der Waals surface area contributed by atoms with E-state index in [0.717, 1.165) is 23.2 Å². The lowest BCUT2D eigenvalue weighted by atomic mass is 10.0. The summed E-state index contributed by atoms with van der Waals surface area (Å²) in [5.41, 5.74) is 3.65. The Kier molecular flexibility index (Phi) is 6.00. The number of nitrogens with zero attached hydrogens (tertiary/aromatic N) is 1. The van der Waals surface area contributed by atoms with E-state index < -0.39 is 12.1 Å². The molecule has 3 amide bonds. The van der Waals surface area contributed by atoms with Crippen LogP contribution in [-0.4, -0.2) is 24.5 Å². The zero-order valence-electron chi connectivity index (χ0n) is 16.3. The maximum absolute atomic E-state index is 13.4. The fourth-order valence-corrected chi connectivity index (χ4v) is 3.79. The Labute approximate surface area is 180 Å². The summed E-state index contributed by atoms with van der Waals surface area (Å²) in [6.45, 7) is 0.615. The average Bonchev–Trinajstić information content (AvgIpc) is 3.19. The van der Waals surface area contributed by atoms with Gasteiger partial charge in [0.1, 0.15) is 6.04 Å². The van der Waals surface area contributed by atoms with Crippen molar-refractivity contribution >= 4 is 34.9 Å². The lowest BCUT2D eigenvalue weighted by molar-refractivity contribution is -0.120. The Balaban J connectivity index is 1.52. The number of fused-ring (bicyclic) bond motifs is 1. The first-order valence-corrected chi connectivity index (χ1v) is 10.2. The lowest BCUT2D eigenvalue weighted by Crippen LogP contribution is -2.50. The van der Waals surface area contributed by atoms with E-state index in [1.165, 1.54) is 0 Å². The molecule has 1 heterocycles. The molecule has 6 heteroatoms. The highest BCUT2D eigenvalue weighted by molar-refractivity contribution is 6.30. The number of halogens is 1. The van der Waals surface area contributed by atoms with Crippen molar-refractivity contribution in [2.45, 2.75) is 18.9 Å². The van der Waals surface area contributed by atoms with Gasteiger partial charge in [-0.25, -0.2) is 4.79 Å². The molecule has 0 fully saturated rings. The van der Waals surface area contributed by atoms with Gasteiger partial charge in [0.25, 0.3) is 0 Å². The standard InChI is InChI=1S/C24H22ClN3O2/c25-19-10-12-20(13-11-19)26-24(30)27-21(16-17-6-2-1-3-7-17)23(29)28-15-14-18-8-4-5-9-22(18)28/h1-13,21H,14-16H2,(H2,26,27,30)/t21-/m0/s1. The van der Waals surface area contributed by atoms with Crippen molar-refractivity contribution in [1.29, 1.82) is 0 Å². The molecule has 1 aliphatic rings. The van der Waals surface area contributed by atoms with Crippen LogP contribution in [0.5, 0.6) is 0 Å². The number of nitrogens with one attached hydrogen (secondary N) is 2. The maximum atomic E-state index is 13.4. The van der Waals surface area contributed by atoms with E-state index in [0.29, 0.717) is 23.7 Å². The zero-order chi connectivity index (χ0) is 20.9. The van der Waals surface area contributed by atoms with Gasteiger partial charge >= 0.3 is 6.03 Å². The van der Waals surface area contributed by atoms with Crippen molar-refractivity contribution in [3.63, 3.8) is 0 Å². The van der Waals surface area contributed by atoms with Crippen LogP contribution in [0, 0.1) is 0 Å². The number of hydrogen-bond donors (Lipinski definition) is 2. The van der Waals surface area contributed by atoms with E-state index >= 15 is 0 Å². The van der Waals surface area contributed by atoms with Gasteiger partial charge in [-0.2, -0.15) is 0 Å². The average molecular weight is 420 g/mol. The molecule has 0 saturated heterocycles. The van der Waals surface area contributed by atoms with Gasteiger partial charge in [-0.3, -0.25) is 4.79 Å². The first kappa shape index (κ1) is 20.0. The smallest absolute Gasteiger partial charge is 0.319 e. The van der Waals surface area contributed by atoms with Crippen LogP contribution in [0.1, 0.15) is 11.1 Å². The number of rotatable bonds is 5. The van der Waals surface area contributed by atoms with Gasteiger partial charge < -0.3 is 15.5 Å². The molecule has 3 aromatic rings. The summed E-state index contributed by atoms with van der Waals surface area (Å²) < 4.78 is 0. The van der Waals surface area contributed by atoms with Crippen LogP contribution in [0.3, 0.4) is 0 Å². The van der Waals surface area contributed by atoms with Gasteiger partial charge in [-0.15, -0.1) is 0 Å².